The topological polar surface area (TPSA) is 194 Å². The Morgan fingerprint density at radius 3 is 2.48 bits per heavy atom. The fraction of sp³-hybridized carbons (Fsp3) is 0.636. The number of carbonyl (C=O) groups excluding carboxylic acids is 4. The molecule has 8 rings (SSSR count). The van der Waals surface area contributed by atoms with E-state index >= 15 is 0 Å². The van der Waals surface area contributed by atoms with Crippen molar-refractivity contribution in [3.8, 4) is 16.6 Å². The third-order valence-corrected chi connectivity index (χ3v) is 15.1. The van der Waals surface area contributed by atoms with Gasteiger partial charge in [-0.2, -0.15) is 17.7 Å². The zero-order valence-corrected chi connectivity index (χ0v) is 38.0. The van der Waals surface area contributed by atoms with E-state index in [-0.39, 0.29) is 25.4 Å². The maximum absolute atomic E-state index is 14.7. The van der Waals surface area contributed by atoms with Gasteiger partial charge in [-0.3, -0.25) is 19.0 Å². The molecular formula is C44H60N8O8S2. The van der Waals surface area contributed by atoms with Gasteiger partial charge in [0.2, 0.25) is 11.8 Å². The van der Waals surface area contributed by atoms with E-state index in [1.54, 1.807) is 32.1 Å². The average molecular weight is 893 g/mol. The lowest BCUT2D eigenvalue weighted by atomic mass is 10.0. The number of amides is 4. The van der Waals surface area contributed by atoms with Crippen molar-refractivity contribution in [3.05, 3.63) is 41.4 Å². The van der Waals surface area contributed by atoms with Crippen molar-refractivity contribution in [3.63, 3.8) is 0 Å². The van der Waals surface area contributed by atoms with E-state index < -0.39 is 69.3 Å². The highest BCUT2D eigenvalue weighted by Crippen LogP contribution is 2.46. The van der Waals surface area contributed by atoms with Gasteiger partial charge >= 0.3 is 16.3 Å². The number of ether oxygens (including phenoxy) is 2. The quantitative estimate of drug-likeness (QED) is 0.211. The number of para-hydroxylation sites is 1. The molecule has 5 heterocycles. The first-order chi connectivity index (χ1) is 29.5. The lowest BCUT2D eigenvalue weighted by Gasteiger charge is -2.31. The molecule has 0 radical (unpaired) electrons. The number of carbonyl (C=O) groups is 4. The summed E-state index contributed by atoms with van der Waals surface area (Å²) in [5, 5.41) is 8.76. The van der Waals surface area contributed by atoms with Crippen molar-refractivity contribution < 1.29 is 37.1 Å². The number of hydrogen-bond donors (Lipinski definition) is 3. The molecule has 336 valence electrons. The number of alkyl carbamates (subject to hydrolysis) is 1. The summed E-state index contributed by atoms with van der Waals surface area (Å²) >= 11 is 1.61. The number of hydrogen-bond acceptors (Lipinski definition) is 11. The first-order valence-electron chi connectivity index (χ1n) is 22.3. The van der Waals surface area contributed by atoms with Crippen LogP contribution in [-0.4, -0.2) is 105 Å². The molecule has 62 heavy (non-hydrogen) atoms. The van der Waals surface area contributed by atoms with Crippen LogP contribution >= 0.6 is 11.3 Å². The summed E-state index contributed by atoms with van der Waals surface area (Å²) in [7, 11) is -4.11. The summed E-state index contributed by atoms with van der Waals surface area (Å²) in [5.74, 6) is -1.89. The van der Waals surface area contributed by atoms with E-state index in [1.807, 2.05) is 48.8 Å². The zero-order valence-electron chi connectivity index (χ0n) is 36.4. The van der Waals surface area contributed by atoms with Crippen LogP contribution in [0.1, 0.15) is 129 Å². The molecular weight excluding hydrogens is 833 g/mol. The minimum Gasteiger partial charge on any atom is -0.459 e. The van der Waals surface area contributed by atoms with Gasteiger partial charge in [-0.1, -0.05) is 43.9 Å². The van der Waals surface area contributed by atoms with Crippen LogP contribution in [0.2, 0.25) is 0 Å². The van der Waals surface area contributed by atoms with Gasteiger partial charge in [0.25, 0.3) is 11.9 Å². The fourth-order valence-electron chi connectivity index (χ4n) is 9.23. The molecule has 0 bridgehead atoms. The molecule has 0 unspecified atom stereocenters. The Morgan fingerprint density at radius 1 is 1.02 bits per heavy atom. The zero-order chi connectivity index (χ0) is 44.0. The largest absolute Gasteiger partial charge is 0.459 e. The van der Waals surface area contributed by atoms with Gasteiger partial charge in [0.1, 0.15) is 39.9 Å². The number of thiazole rings is 1. The summed E-state index contributed by atoms with van der Waals surface area (Å²) in [5.41, 5.74) is 1.28. The van der Waals surface area contributed by atoms with E-state index in [0.29, 0.717) is 50.7 Å². The van der Waals surface area contributed by atoms with Crippen molar-refractivity contribution in [1.29, 1.82) is 0 Å². The predicted octanol–water partition coefficient (Wildman–Crippen LogP) is 6.10. The van der Waals surface area contributed by atoms with Crippen LogP contribution in [0, 0.1) is 5.92 Å². The van der Waals surface area contributed by atoms with Gasteiger partial charge in [-0.25, -0.2) is 14.5 Å². The van der Waals surface area contributed by atoms with Crippen LogP contribution in [0.3, 0.4) is 0 Å². The Labute approximate surface area is 367 Å². The van der Waals surface area contributed by atoms with Crippen molar-refractivity contribution in [2.24, 2.45) is 5.92 Å². The third-order valence-electron chi connectivity index (χ3n) is 12.7. The summed E-state index contributed by atoms with van der Waals surface area (Å²) < 4.78 is 43.9. The molecule has 1 aromatic carbocycles. The first kappa shape index (κ1) is 44.1. The molecule has 2 aromatic heterocycles. The Bertz CT molecular complexity index is 2330. The molecule has 4 fully saturated rings. The minimum absolute atomic E-state index is 0.0132. The Morgan fingerprint density at radius 2 is 1.77 bits per heavy atom. The van der Waals surface area contributed by atoms with Crippen LogP contribution in [0.15, 0.2) is 35.7 Å². The molecule has 4 amide bonds. The maximum Gasteiger partial charge on any atom is 0.408 e. The highest BCUT2D eigenvalue weighted by atomic mass is 32.2. The number of nitrogens with zero attached hydrogens (tertiary/aromatic N) is 5. The average Bonchev–Trinajstić information content (AvgIpc) is 3.77. The number of allylic oxidation sites excluding steroid dienone is 1. The second-order valence-electron chi connectivity index (χ2n) is 18.8. The van der Waals surface area contributed by atoms with Crippen LogP contribution in [0.25, 0.3) is 21.6 Å². The molecule has 16 nitrogen and oxygen atoms in total. The van der Waals surface area contributed by atoms with Crippen molar-refractivity contribution in [2.45, 2.75) is 153 Å². The maximum atomic E-state index is 14.7. The summed E-state index contributed by atoms with van der Waals surface area (Å²) in [4.78, 5) is 68.1. The van der Waals surface area contributed by atoms with E-state index in [4.69, 9.17) is 19.4 Å². The number of nitrogens with one attached hydrogen (secondary N) is 3. The minimum atomic E-state index is -4.11. The van der Waals surface area contributed by atoms with Crippen LogP contribution in [0.5, 0.6) is 6.01 Å². The number of fused-ring (bicyclic) bond motifs is 3. The normalized spacial score (nSPS) is 27.1. The lowest BCUT2D eigenvalue weighted by Crippen LogP contribution is -2.59. The van der Waals surface area contributed by atoms with E-state index in [2.05, 4.69) is 20.7 Å². The molecule has 5 atom stereocenters. The van der Waals surface area contributed by atoms with E-state index in [0.717, 1.165) is 53.0 Å². The molecule has 2 saturated heterocycles. The summed E-state index contributed by atoms with van der Waals surface area (Å²) in [6, 6.07) is 4.14. The second kappa shape index (κ2) is 17.5. The molecule has 5 aliphatic rings. The van der Waals surface area contributed by atoms with Crippen LogP contribution in [0.4, 0.5) is 4.79 Å². The highest BCUT2D eigenvalue weighted by molar-refractivity contribution is 7.87. The number of benzene rings is 1. The second-order valence-corrected chi connectivity index (χ2v) is 21.3. The molecule has 18 heteroatoms. The van der Waals surface area contributed by atoms with Crippen molar-refractivity contribution >= 4 is 56.4 Å². The number of rotatable bonds is 9. The molecule has 2 aliphatic carbocycles. The highest BCUT2D eigenvalue weighted by Gasteiger charge is 2.62. The SMILES string of the molecule is CC(C)n1c(O[C@@H]2C[C@H]3C(=O)N[C@]4(C(=O)NS(=O)(=O)N5CCC5)C[C@H]4/C=C\CCCCC[C@H](NC(=O)OC(C)(C)C)C(=O)N3C2)nc2c(-c3nc(C4CCCC4)cs3)cccc21. The fourth-order valence-corrected chi connectivity index (χ4v) is 11.4. The van der Waals surface area contributed by atoms with Gasteiger partial charge in [0.15, 0.2) is 0 Å². The molecule has 3 aromatic rings. The Balaban J connectivity index is 1.11. The van der Waals surface area contributed by atoms with E-state index in [1.165, 1.54) is 22.0 Å². The smallest absolute Gasteiger partial charge is 0.408 e. The number of aromatic nitrogens is 3. The predicted molar refractivity (Wildman–Crippen MR) is 235 cm³/mol. The van der Waals surface area contributed by atoms with Gasteiger partial charge < -0.3 is 25.0 Å². The molecule has 0 spiro atoms. The lowest BCUT2D eigenvalue weighted by molar-refractivity contribution is -0.141. The number of imidazole rings is 1. The monoisotopic (exact) mass is 892 g/mol. The molecule has 2 saturated carbocycles. The van der Waals surface area contributed by atoms with Gasteiger partial charge in [0, 0.05) is 48.3 Å². The van der Waals surface area contributed by atoms with Crippen LogP contribution < -0.4 is 20.1 Å². The molecule has 3 N–H and O–H groups in total. The van der Waals surface area contributed by atoms with E-state index in [9.17, 15) is 27.6 Å². The van der Waals surface area contributed by atoms with Gasteiger partial charge in [-0.15, -0.1) is 11.3 Å². The van der Waals surface area contributed by atoms with Gasteiger partial charge in [0.05, 0.1) is 17.8 Å². The van der Waals surface area contributed by atoms with Crippen LogP contribution in [-0.2, 0) is 29.3 Å². The Kier molecular flexibility index (Phi) is 12.5. The first-order valence-corrected chi connectivity index (χ1v) is 24.6. The third kappa shape index (κ3) is 9.23. The van der Waals surface area contributed by atoms with Gasteiger partial charge in [-0.05, 0) is 91.7 Å². The molecule has 3 aliphatic heterocycles. The standard InChI is InChI=1S/C44H60N8O8S2/c1-27(2)52-34-20-13-18-31(38-45-33(26-61-38)28-15-11-12-16-28)36(34)47-41(52)59-30-23-35-37(53)48-44(40(55)49-62(57,58)50-21-14-22-50)24-29(44)17-9-7-6-8-10-19-32(39(54)51(35)25-30)46-42(56)60-43(3,4)5/h9,13,17-18,20,26-30,32,35H,6-8,10-12,14-16,19,21-25H2,1-5H3,(H,46,56)(H,48,53)(H,49,55)/b17-9-/t29-,30-,32+,35+,44-/m1/s1. The summed E-state index contributed by atoms with van der Waals surface area (Å²) in [6.45, 7) is 9.91. The Hall–Kier alpha value is -4.55. The van der Waals surface area contributed by atoms with Crippen molar-refractivity contribution in [1.82, 2.24) is 39.1 Å². The summed E-state index contributed by atoms with van der Waals surface area (Å²) in [6.07, 6.45) is 11.2. The van der Waals surface area contributed by atoms with Crippen molar-refractivity contribution in [2.75, 3.05) is 19.6 Å².